The van der Waals surface area contributed by atoms with Gasteiger partial charge in [0.2, 0.25) is 5.91 Å². The number of ether oxygens (including phenoxy) is 1. The minimum Gasteiger partial charge on any atom is -0.482 e. The van der Waals surface area contributed by atoms with Gasteiger partial charge < -0.3 is 15.0 Å². The Hall–Kier alpha value is -2.31. The van der Waals surface area contributed by atoms with Gasteiger partial charge in [-0.05, 0) is 37.6 Å². The fraction of sp³-hybridized carbons (Fsp3) is 0.364. The third kappa shape index (κ3) is 6.89. The lowest BCUT2D eigenvalue weighted by atomic mass is 10.1. The van der Waals surface area contributed by atoms with E-state index in [1.165, 1.54) is 17.0 Å². The fourth-order valence-electron chi connectivity index (χ4n) is 2.74. The Bertz CT molecular complexity index is 879. The van der Waals surface area contributed by atoms with E-state index < -0.39 is 17.8 Å². The predicted molar refractivity (Wildman–Crippen MR) is 116 cm³/mol. The first-order valence-electron chi connectivity index (χ1n) is 9.72. The first kappa shape index (κ1) is 24.0. The van der Waals surface area contributed by atoms with Crippen LogP contribution >= 0.6 is 23.2 Å². The van der Waals surface area contributed by atoms with E-state index in [0.717, 1.165) is 12.8 Å². The smallest absolute Gasteiger partial charge is 0.261 e. The van der Waals surface area contributed by atoms with E-state index >= 15 is 0 Å². The van der Waals surface area contributed by atoms with Gasteiger partial charge in [-0.3, -0.25) is 9.59 Å². The van der Waals surface area contributed by atoms with Crippen LogP contribution in [-0.4, -0.2) is 35.9 Å². The second-order valence-corrected chi connectivity index (χ2v) is 7.64. The molecule has 2 aromatic carbocycles. The number of rotatable bonds is 10. The molecule has 2 aromatic rings. The van der Waals surface area contributed by atoms with E-state index in [-0.39, 0.29) is 24.1 Å². The van der Waals surface area contributed by atoms with Gasteiger partial charge in [0, 0.05) is 23.7 Å². The molecular weight excluding hydrogens is 430 g/mol. The molecule has 0 aliphatic carbocycles. The molecule has 2 amide bonds. The maximum Gasteiger partial charge on any atom is 0.261 e. The summed E-state index contributed by atoms with van der Waals surface area (Å²) in [6.07, 6.45) is 1.76. The number of benzene rings is 2. The number of hydrogen-bond acceptors (Lipinski definition) is 3. The molecule has 1 N–H and O–H groups in total. The Morgan fingerprint density at radius 1 is 1.20 bits per heavy atom. The molecule has 0 radical (unpaired) electrons. The highest BCUT2D eigenvalue weighted by Crippen LogP contribution is 2.27. The van der Waals surface area contributed by atoms with Gasteiger partial charge in [0.25, 0.3) is 5.91 Å². The predicted octanol–water partition coefficient (Wildman–Crippen LogP) is 4.84. The van der Waals surface area contributed by atoms with Crippen molar-refractivity contribution in [2.24, 2.45) is 0 Å². The Kier molecular flexibility index (Phi) is 9.40. The summed E-state index contributed by atoms with van der Waals surface area (Å²) in [6, 6.07) is 9.98. The van der Waals surface area contributed by atoms with Crippen molar-refractivity contribution in [1.82, 2.24) is 10.2 Å². The van der Waals surface area contributed by atoms with Gasteiger partial charge in [0.15, 0.2) is 6.61 Å². The molecule has 2 rings (SSSR count). The summed E-state index contributed by atoms with van der Waals surface area (Å²) in [7, 11) is 0. The number of carbonyl (C=O) groups excluding carboxylic acids is 2. The van der Waals surface area contributed by atoms with Gasteiger partial charge >= 0.3 is 0 Å². The van der Waals surface area contributed by atoms with Crippen molar-refractivity contribution in [1.29, 1.82) is 0 Å². The topological polar surface area (TPSA) is 58.6 Å². The van der Waals surface area contributed by atoms with Crippen LogP contribution in [0.2, 0.25) is 10.0 Å². The first-order valence-corrected chi connectivity index (χ1v) is 10.5. The molecular formula is C22H25Cl2FN2O3. The van der Waals surface area contributed by atoms with Crippen LogP contribution in [0, 0.1) is 5.82 Å². The minimum atomic E-state index is -0.807. The summed E-state index contributed by atoms with van der Waals surface area (Å²) < 4.78 is 19.7. The maximum atomic E-state index is 14.2. The Labute approximate surface area is 186 Å². The summed E-state index contributed by atoms with van der Waals surface area (Å²) in [5.41, 5.74) is 0.309. The highest BCUT2D eigenvalue weighted by Gasteiger charge is 2.27. The molecule has 0 unspecified atom stereocenters. The van der Waals surface area contributed by atoms with Gasteiger partial charge in [0.05, 0.1) is 5.02 Å². The summed E-state index contributed by atoms with van der Waals surface area (Å²) in [5.74, 6) is -0.934. The molecule has 0 saturated carbocycles. The Morgan fingerprint density at radius 2 is 1.93 bits per heavy atom. The SMILES string of the molecule is CCCCNC(=O)[C@@H](C)N(Cc1ccccc1F)C(=O)COc1ccc(Cl)cc1Cl. The average molecular weight is 455 g/mol. The summed E-state index contributed by atoms with van der Waals surface area (Å²) in [5, 5.41) is 3.51. The molecule has 0 heterocycles. The second-order valence-electron chi connectivity index (χ2n) is 6.80. The normalized spacial score (nSPS) is 11.6. The number of nitrogens with one attached hydrogen (secondary N) is 1. The van der Waals surface area contributed by atoms with Crippen LogP contribution in [0.4, 0.5) is 4.39 Å². The molecule has 1 atom stereocenters. The highest BCUT2D eigenvalue weighted by atomic mass is 35.5. The van der Waals surface area contributed by atoms with Gasteiger partial charge in [0.1, 0.15) is 17.6 Å². The van der Waals surface area contributed by atoms with E-state index in [4.69, 9.17) is 27.9 Å². The van der Waals surface area contributed by atoms with E-state index in [0.29, 0.717) is 22.9 Å². The minimum absolute atomic E-state index is 0.0639. The quantitative estimate of drug-likeness (QED) is 0.522. The Morgan fingerprint density at radius 3 is 2.60 bits per heavy atom. The molecule has 30 heavy (non-hydrogen) atoms. The lowest BCUT2D eigenvalue weighted by molar-refractivity contribution is -0.142. The van der Waals surface area contributed by atoms with Crippen molar-refractivity contribution in [2.75, 3.05) is 13.2 Å². The molecule has 5 nitrogen and oxygen atoms in total. The molecule has 0 aliphatic heterocycles. The van der Waals surface area contributed by atoms with Crippen LogP contribution in [-0.2, 0) is 16.1 Å². The van der Waals surface area contributed by atoms with Gasteiger partial charge in [-0.25, -0.2) is 4.39 Å². The van der Waals surface area contributed by atoms with Crippen LogP contribution < -0.4 is 10.1 Å². The zero-order valence-electron chi connectivity index (χ0n) is 17.0. The molecule has 0 aromatic heterocycles. The molecule has 0 saturated heterocycles. The third-order valence-electron chi connectivity index (χ3n) is 4.54. The standard InChI is InChI=1S/C22H25Cl2FN2O3/c1-3-4-11-26-22(29)15(2)27(13-16-7-5-6-8-19(16)25)21(28)14-30-20-10-9-17(23)12-18(20)24/h5-10,12,15H,3-4,11,13-14H2,1-2H3,(H,26,29)/t15-/m1/s1. The molecule has 0 spiro atoms. The summed E-state index contributed by atoms with van der Waals surface area (Å²) in [4.78, 5) is 26.7. The number of nitrogens with zero attached hydrogens (tertiary/aromatic N) is 1. The van der Waals surface area contributed by atoms with Gasteiger partial charge in [-0.15, -0.1) is 0 Å². The lowest BCUT2D eigenvalue weighted by Crippen LogP contribution is -2.49. The number of unbranched alkanes of at least 4 members (excludes halogenated alkanes) is 1. The zero-order chi connectivity index (χ0) is 22.1. The molecule has 8 heteroatoms. The first-order chi connectivity index (χ1) is 14.3. The van der Waals surface area contributed by atoms with Gasteiger partial charge in [-0.2, -0.15) is 0 Å². The van der Waals surface area contributed by atoms with E-state index in [1.807, 2.05) is 6.92 Å². The van der Waals surface area contributed by atoms with Crippen molar-refractivity contribution in [3.05, 3.63) is 63.9 Å². The Balaban J connectivity index is 2.15. The number of carbonyl (C=O) groups is 2. The van der Waals surface area contributed by atoms with E-state index in [9.17, 15) is 14.0 Å². The maximum absolute atomic E-state index is 14.2. The summed E-state index contributed by atoms with van der Waals surface area (Å²) in [6.45, 7) is 3.71. The van der Waals surface area contributed by atoms with Crippen molar-refractivity contribution in [3.63, 3.8) is 0 Å². The monoisotopic (exact) mass is 454 g/mol. The number of amides is 2. The van der Waals surface area contributed by atoms with Crippen LogP contribution in [0.3, 0.4) is 0 Å². The molecule has 0 fully saturated rings. The lowest BCUT2D eigenvalue weighted by Gasteiger charge is -2.29. The van der Waals surface area contributed by atoms with Crippen LogP contribution in [0.5, 0.6) is 5.75 Å². The molecule has 0 bridgehead atoms. The van der Waals surface area contributed by atoms with Crippen LogP contribution in [0.1, 0.15) is 32.3 Å². The largest absolute Gasteiger partial charge is 0.482 e. The van der Waals surface area contributed by atoms with E-state index in [1.54, 1.807) is 37.3 Å². The molecule has 0 aliphatic rings. The zero-order valence-corrected chi connectivity index (χ0v) is 18.5. The van der Waals surface area contributed by atoms with Gasteiger partial charge in [-0.1, -0.05) is 54.7 Å². The number of halogens is 3. The van der Waals surface area contributed by atoms with Crippen molar-refractivity contribution in [2.45, 2.75) is 39.3 Å². The third-order valence-corrected chi connectivity index (χ3v) is 5.07. The van der Waals surface area contributed by atoms with Crippen LogP contribution in [0.15, 0.2) is 42.5 Å². The van der Waals surface area contributed by atoms with E-state index in [2.05, 4.69) is 5.32 Å². The number of hydrogen-bond donors (Lipinski definition) is 1. The average Bonchev–Trinajstić information content (AvgIpc) is 2.72. The highest BCUT2D eigenvalue weighted by molar-refractivity contribution is 6.35. The second kappa shape index (κ2) is 11.8. The van der Waals surface area contributed by atoms with Crippen molar-refractivity contribution < 1.29 is 18.7 Å². The summed E-state index contributed by atoms with van der Waals surface area (Å²) >= 11 is 11.9. The fourth-order valence-corrected chi connectivity index (χ4v) is 3.21. The van der Waals surface area contributed by atoms with Crippen molar-refractivity contribution >= 4 is 35.0 Å². The molecule has 162 valence electrons. The van der Waals surface area contributed by atoms with Crippen LogP contribution in [0.25, 0.3) is 0 Å². The van der Waals surface area contributed by atoms with Crippen molar-refractivity contribution in [3.8, 4) is 5.75 Å².